The van der Waals surface area contributed by atoms with Gasteiger partial charge in [-0.15, -0.1) is 24.0 Å². The molecule has 27 heavy (non-hydrogen) atoms. The summed E-state index contributed by atoms with van der Waals surface area (Å²) in [5.41, 5.74) is 1.52. The van der Waals surface area contributed by atoms with Crippen LogP contribution in [0.15, 0.2) is 51.9 Å². The first-order valence-corrected chi connectivity index (χ1v) is 10.8. The van der Waals surface area contributed by atoms with Gasteiger partial charge in [-0.05, 0) is 51.2 Å². The first-order valence-electron chi connectivity index (χ1n) is 9.36. The van der Waals surface area contributed by atoms with E-state index in [1.54, 1.807) is 30.3 Å². The molecule has 0 unspecified atom stereocenters. The fraction of sp³-hybridized carbons (Fsp3) is 0.526. The van der Waals surface area contributed by atoms with E-state index in [1.807, 2.05) is 6.92 Å². The molecule has 0 amide bonds. The SMILES string of the molecule is CCNC(=NCCNS(=O)(=O)c1ccccc1)NCCC1=CCCCC1.I. The van der Waals surface area contributed by atoms with Crippen molar-refractivity contribution < 1.29 is 8.42 Å². The van der Waals surface area contributed by atoms with E-state index in [9.17, 15) is 8.42 Å². The van der Waals surface area contributed by atoms with Gasteiger partial charge < -0.3 is 10.6 Å². The van der Waals surface area contributed by atoms with E-state index in [-0.39, 0.29) is 35.4 Å². The molecule has 1 aromatic rings. The van der Waals surface area contributed by atoms with Crippen LogP contribution in [0.1, 0.15) is 39.0 Å². The molecule has 152 valence electrons. The summed E-state index contributed by atoms with van der Waals surface area (Å²) < 4.78 is 26.9. The summed E-state index contributed by atoms with van der Waals surface area (Å²) in [7, 11) is -3.47. The van der Waals surface area contributed by atoms with Crippen LogP contribution < -0.4 is 15.4 Å². The minimum Gasteiger partial charge on any atom is -0.357 e. The first-order chi connectivity index (χ1) is 12.6. The van der Waals surface area contributed by atoms with Crippen molar-refractivity contribution in [1.29, 1.82) is 0 Å². The van der Waals surface area contributed by atoms with Crippen LogP contribution in [-0.2, 0) is 10.0 Å². The van der Waals surface area contributed by atoms with E-state index < -0.39 is 10.0 Å². The number of nitrogens with zero attached hydrogens (tertiary/aromatic N) is 1. The first kappa shape index (κ1) is 23.9. The van der Waals surface area contributed by atoms with Crippen LogP contribution in [0.25, 0.3) is 0 Å². The molecule has 0 heterocycles. The van der Waals surface area contributed by atoms with Crippen molar-refractivity contribution in [3.63, 3.8) is 0 Å². The smallest absolute Gasteiger partial charge is 0.240 e. The van der Waals surface area contributed by atoms with E-state index in [0.717, 1.165) is 25.5 Å². The molecule has 6 nitrogen and oxygen atoms in total. The Morgan fingerprint density at radius 1 is 1.11 bits per heavy atom. The molecular formula is C19H31IN4O2S. The highest BCUT2D eigenvalue weighted by Crippen LogP contribution is 2.19. The number of halogens is 1. The Bertz CT molecular complexity index is 706. The number of sulfonamides is 1. The number of nitrogens with one attached hydrogen (secondary N) is 3. The van der Waals surface area contributed by atoms with E-state index in [2.05, 4.69) is 26.4 Å². The fourth-order valence-corrected chi connectivity index (χ4v) is 3.89. The number of rotatable bonds is 9. The largest absolute Gasteiger partial charge is 0.357 e. The maximum atomic E-state index is 12.2. The predicted molar refractivity (Wildman–Crippen MR) is 122 cm³/mol. The molecule has 2 rings (SSSR count). The lowest BCUT2D eigenvalue weighted by Gasteiger charge is -2.15. The molecule has 0 saturated carbocycles. The Labute approximate surface area is 180 Å². The highest BCUT2D eigenvalue weighted by molar-refractivity contribution is 14.0. The molecule has 0 atom stereocenters. The van der Waals surface area contributed by atoms with Crippen LogP contribution in [-0.4, -0.2) is 40.6 Å². The summed E-state index contributed by atoms with van der Waals surface area (Å²) in [4.78, 5) is 4.71. The van der Waals surface area contributed by atoms with Crippen molar-refractivity contribution in [2.24, 2.45) is 4.99 Å². The third-order valence-corrected chi connectivity index (χ3v) is 5.67. The summed E-state index contributed by atoms with van der Waals surface area (Å²) in [6.07, 6.45) is 8.39. The van der Waals surface area contributed by atoms with Crippen LogP contribution in [0.3, 0.4) is 0 Å². The highest BCUT2D eigenvalue weighted by atomic mass is 127. The van der Waals surface area contributed by atoms with Gasteiger partial charge in [-0.1, -0.05) is 29.8 Å². The van der Waals surface area contributed by atoms with E-state index in [1.165, 1.54) is 31.3 Å². The van der Waals surface area contributed by atoms with Gasteiger partial charge in [-0.3, -0.25) is 4.99 Å². The zero-order valence-corrected chi connectivity index (χ0v) is 19.1. The van der Waals surface area contributed by atoms with Gasteiger partial charge in [0.15, 0.2) is 5.96 Å². The third kappa shape index (κ3) is 9.07. The summed E-state index contributed by atoms with van der Waals surface area (Å²) in [6.45, 7) is 4.26. The lowest BCUT2D eigenvalue weighted by atomic mass is 9.97. The van der Waals surface area contributed by atoms with Gasteiger partial charge >= 0.3 is 0 Å². The van der Waals surface area contributed by atoms with E-state index in [0.29, 0.717) is 6.54 Å². The van der Waals surface area contributed by atoms with Crippen molar-refractivity contribution in [3.8, 4) is 0 Å². The standard InChI is InChI=1S/C19H30N4O2S.HI/c1-2-20-19(21-14-13-17-9-5-3-6-10-17)22-15-16-23-26(24,25)18-11-7-4-8-12-18;/h4,7-9,11-12,23H,2-3,5-6,10,13-16H2,1H3,(H2,20,21,22);1H. The molecule has 0 spiro atoms. The summed E-state index contributed by atoms with van der Waals surface area (Å²) >= 11 is 0. The molecular weight excluding hydrogens is 475 g/mol. The van der Waals surface area contributed by atoms with Crippen molar-refractivity contribution in [1.82, 2.24) is 15.4 Å². The second-order valence-corrected chi connectivity index (χ2v) is 8.02. The molecule has 8 heteroatoms. The summed E-state index contributed by atoms with van der Waals surface area (Å²) in [5.74, 6) is 0.725. The van der Waals surface area contributed by atoms with Crippen LogP contribution in [0, 0.1) is 0 Å². The molecule has 0 aromatic heterocycles. The van der Waals surface area contributed by atoms with Crippen molar-refractivity contribution in [3.05, 3.63) is 42.0 Å². The number of benzene rings is 1. The topological polar surface area (TPSA) is 82.6 Å². The molecule has 3 N–H and O–H groups in total. The van der Waals surface area contributed by atoms with Gasteiger partial charge in [-0.25, -0.2) is 13.1 Å². The van der Waals surface area contributed by atoms with Crippen LogP contribution in [0.2, 0.25) is 0 Å². The normalized spacial score (nSPS) is 14.9. The second kappa shape index (κ2) is 13.1. The van der Waals surface area contributed by atoms with Crippen molar-refractivity contribution >= 4 is 40.0 Å². The number of hydrogen-bond donors (Lipinski definition) is 3. The van der Waals surface area contributed by atoms with Crippen molar-refractivity contribution in [2.45, 2.75) is 43.9 Å². The van der Waals surface area contributed by atoms with Gasteiger partial charge in [0, 0.05) is 19.6 Å². The average molecular weight is 506 g/mol. The molecule has 0 saturated heterocycles. The lowest BCUT2D eigenvalue weighted by molar-refractivity contribution is 0.582. The monoisotopic (exact) mass is 506 g/mol. The Kier molecular flexibility index (Phi) is 11.6. The zero-order valence-electron chi connectivity index (χ0n) is 15.9. The van der Waals surface area contributed by atoms with Gasteiger partial charge in [0.1, 0.15) is 0 Å². The van der Waals surface area contributed by atoms with Crippen molar-refractivity contribution in [2.75, 3.05) is 26.2 Å². The van der Waals surface area contributed by atoms with E-state index >= 15 is 0 Å². The Morgan fingerprint density at radius 3 is 2.56 bits per heavy atom. The van der Waals surface area contributed by atoms with Gasteiger partial charge in [0.05, 0.1) is 11.4 Å². The molecule has 1 aliphatic rings. The number of hydrogen-bond acceptors (Lipinski definition) is 3. The predicted octanol–water partition coefficient (Wildman–Crippen LogP) is 3.03. The van der Waals surface area contributed by atoms with Crippen LogP contribution in [0.5, 0.6) is 0 Å². The Hall–Kier alpha value is -1.13. The van der Waals surface area contributed by atoms with Gasteiger partial charge in [0.25, 0.3) is 0 Å². The molecule has 0 bridgehead atoms. The van der Waals surface area contributed by atoms with Gasteiger partial charge in [-0.2, -0.15) is 0 Å². The number of allylic oxidation sites excluding steroid dienone is 1. The third-order valence-electron chi connectivity index (χ3n) is 4.20. The minimum absolute atomic E-state index is 0. The summed E-state index contributed by atoms with van der Waals surface area (Å²) in [6, 6.07) is 8.37. The summed E-state index contributed by atoms with van der Waals surface area (Å²) in [5, 5.41) is 6.51. The zero-order chi connectivity index (χ0) is 18.7. The fourth-order valence-electron chi connectivity index (χ4n) is 2.85. The second-order valence-electron chi connectivity index (χ2n) is 6.26. The Balaban J connectivity index is 0.00000364. The average Bonchev–Trinajstić information content (AvgIpc) is 2.67. The van der Waals surface area contributed by atoms with Gasteiger partial charge in [0.2, 0.25) is 10.0 Å². The molecule has 1 aromatic carbocycles. The molecule has 0 radical (unpaired) electrons. The molecule has 0 fully saturated rings. The maximum absolute atomic E-state index is 12.2. The number of guanidine groups is 1. The lowest BCUT2D eigenvalue weighted by Crippen LogP contribution is -2.38. The molecule has 0 aliphatic heterocycles. The Morgan fingerprint density at radius 2 is 1.89 bits per heavy atom. The maximum Gasteiger partial charge on any atom is 0.240 e. The minimum atomic E-state index is -3.47. The van der Waals surface area contributed by atoms with E-state index in [4.69, 9.17) is 0 Å². The van der Waals surface area contributed by atoms with Crippen LogP contribution >= 0.6 is 24.0 Å². The highest BCUT2D eigenvalue weighted by Gasteiger charge is 2.11. The molecule has 1 aliphatic carbocycles. The number of aliphatic imine (C=N–C) groups is 1. The quantitative estimate of drug-likeness (QED) is 0.158. The van der Waals surface area contributed by atoms with Crippen LogP contribution in [0.4, 0.5) is 0 Å².